The van der Waals surface area contributed by atoms with Crippen molar-refractivity contribution in [2.75, 3.05) is 0 Å². The van der Waals surface area contributed by atoms with Gasteiger partial charge in [0.25, 0.3) is 0 Å². The Kier molecular flexibility index (Phi) is 1.90. The molecule has 1 aromatic rings. The van der Waals surface area contributed by atoms with Crippen LogP contribution in [0.25, 0.3) is 5.57 Å². The number of hydrogen-bond donors (Lipinski definition) is 1. The highest BCUT2D eigenvalue weighted by Crippen LogP contribution is 2.62. The first kappa shape index (κ1) is 10.1. The second-order valence-electron chi connectivity index (χ2n) is 4.82. The lowest BCUT2D eigenvalue weighted by molar-refractivity contribution is 0.0697. The number of carboxylic acid groups (broad SMARTS) is 1. The van der Waals surface area contributed by atoms with E-state index in [0.717, 1.165) is 36.0 Å². The molecule has 0 unspecified atom stereocenters. The van der Waals surface area contributed by atoms with Gasteiger partial charge in [0, 0.05) is 11.5 Å². The Hall–Kier alpha value is -2.08. The lowest BCUT2D eigenvalue weighted by Gasteiger charge is -2.06. The Bertz CT molecular complexity index is 589. The molecular formula is C14H11NO2. The molecule has 3 nitrogen and oxygen atoms in total. The van der Waals surface area contributed by atoms with E-state index in [1.54, 1.807) is 18.2 Å². The minimum Gasteiger partial charge on any atom is -0.478 e. The van der Waals surface area contributed by atoms with Crippen LogP contribution in [0.2, 0.25) is 0 Å². The fraction of sp³-hybridized carbons (Fsp3) is 0.286. The number of aromatic carboxylic acids is 1. The van der Waals surface area contributed by atoms with Crippen LogP contribution in [0.1, 0.15) is 34.3 Å². The maximum absolute atomic E-state index is 10.9. The van der Waals surface area contributed by atoms with Crippen LogP contribution >= 0.6 is 0 Å². The van der Waals surface area contributed by atoms with E-state index in [4.69, 9.17) is 10.4 Å². The minimum absolute atomic E-state index is 0.148. The molecule has 0 saturated heterocycles. The molecule has 3 heteroatoms. The summed E-state index contributed by atoms with van der Waals surface area (Å²) in [5.74, 6) is -0.893. The normalized spacial score (nSPS) is 21.2. The molecule has 3 rings (SSSR count). The molecule has 17 heavy (non-hydrogen) atoms. The summed E-state index contributed by atoms with van der Waals surface area (Å²) in [7, 11) is 0. The Morgan fingerprint density at radius 3 is 2.82 bits per heavy atom. The Morgan fingerprint density at radius 1 is 1.47 bits per heavy atom. The fourth-order valence-electron chi connectivity index (χ4n) is 2.77. The highest BCUT2D eigenvalue weighted by molar-refractivity contribution is 5.90. The molecule has 0 radical (unpaired) electrons. The molecule has 0 aromatic heterocycles. The molecule has 0 amide bonds. The molecule has 1 aromatic carbocycles. The predicted octanol–water partition coefficient (Wildman–Crippen LogP) is 2.63. The highest BCUT2D eigenvalue weighted by atomic mass is 16.4. The largest absolute Gasteiger partial charge is 0.478 e. The van der Waals surface area contributed by atoms with Crippen molar-refractivity contribution in [2.45, 2.75) is 19.3 Å². The Balaban J connectivity index is 2.13. The van der Waals surface area contributed by atoms with E-state index < -0.39 is 5.97 Å². The first-order valence-corrected chi connectivity index (χ1v) is 5.63. The Morgan fingerprint density at radius 2 is 2.24 bits per heavy atom. The van der Waals surface area contributed by atoms with Crippen molar-refractivity contribution in [3.63, 3.8) is 0 Å². The Labute approximate surface area is 99.0 Å². The van der Waals surface area contributed by atoms with Gasteiger partial charge in [0.15, 0.2) is 0 Å². The summed E-state index contributed by atoms with van der Waals surface area (Å²) in [5, 5.41) is 17.8. The van der Waals surface area contributed by atoms with Gasteiger partial charge in [-0.3, -0.25) is 0 Å². The summed E-state index contributed by atoms with van der Waals surface area (Å²) in [6.45, 7) is 0. The number of nitriles is 1. The number of carbonyl (C=O) groups is 1. The van der Waals surface area contributed by atoms with E-state index in [9.17, 15) is 4.79 Å². The zero-order valence-electron chi connectivity index (χ0n) is 9.23. The number of nitrogens with zero attached hydrogens (tertiary/aromatic N) is 1. The second kappa shape index (κ2) is 3.21. The molecule has 0 atom stereocenters. The molecule has 0 heterocycles. The molecule has 1 N–H and O–H groups in total. The summed E-state index contributed by atoms with van der Waals surface area (Å²) in [4.78, 5) is 10.9. The van der Waals surface area contributed by atoms with Gasteiger partial charge >= 0.3 is 5.97 Å². The van der Waals surface area contributed by atoms with E-state index in [1.807, 2.05) is 6.07 Å². The average Bonchev–Trinajstić information content (AvgIpc) is 2.99. The van der Waals surface area contributed by atoms with Gasteiger partial charge in [0.2, 0.25) is 0 Å². The van der Waals surface area contributed by atoms with Crippen LogP contribution in [0.3, 0.4) is 0 Å². The molecule has 2 aliphatic carbocycles. The predicted molar refractivity (Wildman–Crippen MR) is 62.4 cm³/mol. The maximum atomic E-state index is 10.9. The molecule has 84 valence electrons. The summed E-state index contributed by atoms with van der Waals surface area (Å²) < 4.78 is 0. The van der Waals surface area contributed by atoms with Gasteiger partial charge in [0.05, 0.1) is 11.6 Å². The SMILES string of the molecule is N#C/C=C1/c2ccc(C(=O)O)cc2CC12CC2. The number of rotatable bonds is 1. The third-order valence-corrected chi connectivity index (χ3v) is 3.80. The van der Waals surface area contributed by atoms with Gasteiger partial charge in [0.1, 0.15) is 0 Å². The van der Waals surface area contributed by atoms with Crippen LogP contribution in [0, 0.1) is 16.7 Å². The third kappa shape index (κ3) is 1.38. The number of fused-ring (bicyclic) bond motifs is 1. The maximum Gasteiger partial charge on any atom is 0.335 e. The zero-order chi connectivity index (χ0) is 12.0. The lowest BCUT2D eigenvalue weighted by Crippen LogP contribution is -1.97. The van der Waals surface area contributed by atoms with Crippen LogP contribution < -0.4 is 0 Å². The molecule has 0 bridgehead atoms. The smallest absolute Gasteiger partial charge is 0.335 e. The van der Waals surface area contributed by atoms with Crippen LogP contribution in [0.15, 0.2) is 24.3 Å². The van der Waals surface area contributed by atoms with Crippen molar-refractivity contribution in [3.8, 4) is 6.07 Å². The van der Waals surface area contributed by atoms with Gasteiger partial charge < -0.3 is 5.11 Å². The number of allylic oxidation sites excluding steroid dienone is 2. The van der Waals surface area contributed by atoms with E-state index in [1.165, 1.54) is 0 Å². The molecule has 2 aliphatic rings. The second-order valence-corrected chi connectivity index (χ2v) is 4.82. The molecule has 1 spiro atoms. The number of carboxylic acids is 1. The molecule has 1 fully saturated rings. The summed E-state index contributed by atoms with van der Waals surface area (Å²) in [6.07, 6.45) is 4.73. The fourth-order valence-corrected chi connectivity index (χ4v) is 2.77. The van der Waals surface area contributed by atoms with Crippen LogP contribution in [0.5, 0.6) is 0 Å². The van der Waals surface area contributed by atoms with Crippen molar-refractivity contribution in [1.82, 2.24) is 0 Å². The van der Waals surface area contributed by atoms with Crippen molar-refractivity contribution >= 4 is 11.5 Å². The summed E-state index contributed by atoms with van der Waals surface area (Å²) in [5.41, 5.74) is 3.72. The lowest BCUT2D eigenvalue weighted by atomic mass is 9.97. The molecule has 1 saturated carbocycles. The van der Waals surface area contributed by atoms with Gasteiger partial charge in [-0.2, -0.15) is 5.26 Å². The van der Waals surface area contributed by atoms with Crippen molar-refractivity contribution in [2.24, 2.45) is 5.41 Å². The minimum atomic E-state index is -0.893. The van der Waals surface area contributed by atoms with Gasteiger partial charge in [-0.25, -0.2) is 4.79 Å². The summed E-state index contributed by atoms with van der Waals surface area (Å²) in [6, 6.07) is 7.31. The standard InChI is InChI=1S/C14H11NO2/c15-6-3-12-11-2-1-9(13(16)17)7-10(11)8-14(12)4-5-14/h1-3,7H,4-5,8H2,(H,16,17)/b12-3-. The topological polar surface area (TPSA) is 61.1 Å². The van der Waals surface area contributed by atoms with E-state index in [-0.39, 0.29) is 5.41 Å². The molecular weight excluding hydrogens is 214 g/mol. The summed E-state index contributed by atoms with van der Waals surface area (Å²) >= 11 is 0. The van der Waals surface area contributed by atoms with Gasteiger partial charge in [-0.1, -0.05) is 6.07 Å². The van der Waals surface area contributed by atoms with Gasteiger partial charge in [-0.15, -0.1) is 0 Å². The monoisotopic (exact) mass is 225 g/mol. The van der Waals surface area contributed by atoms with Crippen LogP contribution in [-0.4, -0.2) is 11.1 Å². The van der Waals surface area contributed by atoms with E-state index >= 15 is 0 Å². The third-order valence-electron chi connectivity index (χ3n) is 3.80. The van der Waals surface area contributed by atoms with Gasteiger partial charge in [-0.05, 0) is 48.1 Å². The first-order valence-electron chi connectivity index (χ1n) is 5.63. The first-order chi connectivity index (χ1) is 8.16. The quantitative estimate of drug-likeness (QED) is 0.747. The van der Waals surface area contributed by atoms with E-state index in [2.05, 4.69) is 6.07 Å². The highest BCUT2D eigenvalue weighted by Gasteiger charge is 2.50. The molecule has 0 aliphatic heterocycles. The zero-order valence-corrected chi connectivity index (χ0v) is 9.23. The van der Waals surface area contributed by atoms with E-state index in [0.29, 0.717) is 5.56 Å². The van der Waals surface area contributed by atoms with Crippen LogP contribution in [0.4, 0.5) is 0 Å². The number of benzene rings is 1. The van der Waals surface area contributed by atoms with Crippen molar-refractivity contribution in [1.29, 1.82) is 5.26 Å². The van der Waals surface area contributed by atoms with Crippen molar-refractivity contribution < 1.29 is 9.90 Å². The van der Waals surface area contributed by atoms with Crippen molar-refractivity contribution in [3.05, 3.63) is 41.0 Å². The average molecular weight is 225 g/mol. The number of hydrogen-bond acceptors (Lipinski definition) is 2. The van der Waals surface area contributed by atoms with Crippen LogP contribution in [-0.2, 0) is 6.42 Å².